The van der Waals surface area contributed by atoms with Crippen LogP contribution in [0.3, 0.4) is 0 Å². The van der Waals surface area contributed by atoms with Gasteiger partial charge in [0, 0.05) is 13.7 Å². The van der Waals surface area contributed by atoms with E-state index in [1.165, 1.54) is 11.1 Å². The molecule has 4 rings (SSSR count). The van der Waals surface area contributed by atoms with E-state index in [1.807, 2.05) is 12.1 Å². The van der Waals surface area contributed by atoms with E-state index in [-0.39, 0.29) is 11.5 Å². The minimum absolute atomic E-state index is 0.0973. The summed E-state index contributed by atoms with van der Waals surface area (Å²) >= 11 is 0. The van der Waals surface area contributed by atoms with Gasteiger partial charge in [0.2, 0.25) is 0 Å². The van der Waals surface area contributed by atoms with E-state index < -0.39 is 0 Å². The summed E-state index contributed by atoms with van der Waals surface area (Å²) in [5.41, 5.74) is 2.84. The van der Waals surface area contributed by atoms with Gasteiger partial charge in [-0.25, -0.2) is 0 Å². The normalized spacial score (nSPS) is 39.6. The van der Waals surface area contributed by atoms with Crippen LogP contribution in [0, 0.1) is 17.3 Å². The summed E-state index contributed by atoms with van der Waals surface area (Å²) in [6.07, 6.45) is 5.40. The van der Waals surface area contributed by atoms with Crippen LogP contribution in [0.1, 0.15) is 62.0 Å². The van der Waals surface area contributed by atoms with E-state index in [2.05, 4.69) is 18.3 Å². The Balaban J connectivity index is 1.67. The molecule has 0 amide bonds. The summed E-state index contributed by atoms with van der Waals surface area (Å²) in [6.45, 7) is 3.74. The molecule has 6 atom stereocenters. The second-order valence-corrected chi connectivity index (χ2v) is 8.65. The van der Waals surface area contributed by atoms with Gasteiger partial charge in [-0.1, -0.05) is 13.0 Å². The highest BCUT2D eigenvalue weighted by Crippen LogP contribution is 2.62. The van der Waals surface area contributed by atoms with Crippen molar-refractivity contribution in [2.75, 3.05) is 20.4 Å². The summed E-state index contributed by atoms with van der Waals surface area (Å²) in [4.78, 5) is 0. The maximum absolute atomic E-state index is 10.6. The van der Waals surface area contributed by atoms with Crippen molar-refractivity contribution in [2.24, 2.45) is 17.3 Å². The van der Waals surface area contributed by atoms with Crippen LogP contribution in [0.15, 0.2) is 18.2 Å². The average Bonchev–Trinajstić information content (AvgIpc) is 2.90. The largest absolute Gasteiger partial charge is 0.508 e. The van der Waals surface area contributed by atoms with Gasteiger partial charge in [0.25, 0.3) is 0 Å². The highest BCUT2D eigenvalue weighted by Gasteiger charge is 2.55. The summed E-state index contributed by atoms with van der Waals surface area (Å²) in [5, 5.41) is 24.0. The molecule has 3 aliphatic carbocycles. The maximum Gasteiger partial charge on any atom is 0.115 e. The van der Waals surface area contributed by atoms with Gasteiger partial charge in [-0.05, 0) is 84.5 Å². The number of nitrogens with one attached hydrogen (secondary N) is 1. The minimum atomic E-state index is -0.135. The van der Waals surface area contributed by atoms with Crippen molar-refractivity contribution < 1.29 is 14.9 Å². The Morgan fingerprint density at radius 2 is 2.08 bits per heavy atom. The van der Waals surface area contributed by atoms with E-state index in [9.17, 15) is 10.2 Å². The van der Waals surface area contributed by atoms with Crippen molar-refractivity contribution in [2.45, 2.75) is 57.0 Å². The standard InChI is InChI=1S/C21H31NO3/c1-21-8-7-16-15-4-3-14(23)10-17(15)13(11-22-12-25-2)9-18(16)19(21)5-6-20(21)24/h3-4,10,13,16,18-20,22-24H,5-9,11-12H2,1-2H3/t13?,16-,18-,19+,20?,21+/m1/s1. The Morgan fingerprint density at radius 1 is 1.24 bits per heavy atom. The van der Waals surface area contributed by atoms with E-state index in [0.717, 1.165) is 38.6 Å². The monoisotopic (exact) mass is 345 g/mol. The number of aliphatic hydroxyl groups is 1. The van der Waals surface area contributed by atoms with Crippen LogP contribution in [-0.4, -0.2) is 36.7 Å². The molecule has 4 heteroatoms. The van der Waals surface area contributed by atoms with Gasteiger partial charge in [-0.15, -0.1) is 0 Å². The lowest BCUT2D eigenvalue weighted by atomic mass is 9.54. The highest BCUT2D eigenvalue weighted by molar-refractivity contribution is 5.42. The number of rotatable bonds is 4. The second-order valence-electron chi connectivity index (χ2n) is 8.65. The Morgan fingerprint density at radius 3 is 2.88 bits per heavy atom. The number of aromatic hydroxyl groups is 1. The predicted molar refractivity (Wildman–Crippen MR) is 97.6 cm³/mol. The van der Waals surface area contributed by atoms with Crippen molar-refractivity contribution in [1.82, 2.24) is 5.32 Å². The van der Waals surface area contributed by atoms with Gasteiger partial charge in [0.05, 0.1) is 12.8 Å². The Hall–Kier alpha value is -1.10. The number of hydrogen-bond acceptors (Lipinski definition) is 4. The predicted octanol–water partition coefficient (Wildman–Crippen LogP) is 3.34. The van der Waals surface area contributed by atoms with Gasteiger partial charge in [0.15, 0.2) is 0 Å². The first-order valence-corrected chi connectivity index (χ1v) is 9.75. The third kappa shape index (κ3) is 2.79. The average molecular weight is 345 g/mol. The van der Waals surface area contributed by atoms with Gasteiger partial charge >= 0.3 is 0 Å². The van der Waals surface area contributed by atoms with E-state index in [0.29, 0.717) is 36.2 Å². The van der Waals surface area contributed by atoms with Gasteiger partial charge in [-0.3, -0.25) is 5.32 Å². The molecule has 0 saturated heterocycles. The first-order valence-electron chi connectivity index (χ1n) is 9.75. The molecular formula is C21H31NO3. The van der Waals surface area contributed by atoms with Crippen molar-refractivity contribution >= 4 is 0 Å². The molecule has 0 aliphatic heterocycles. The fraction of sp³-hybridized carbons (Fsp3) is 0.714. The van der Waals surface area contributed by atoms with E-state index in [4.69, 9.17) is 4.74 Å². The third-order valence-electron chi connectivity index (χ3n) is 7.49. The molecule has 0 radical (unpaired) electrons. The van der Waals surface area contributed by atoms with Crippen LogP contribution < -0.4 is 5.32 Å². The zero-order valence-electron chi connectivity index (χ0n) is 15.4. The lowest BCUT2D eigenvalue weighted by Gasteiger charge is -2.51. The highest BCUT2D eigenvalue weighted by atomic mass is 16.5. The Bertz CT molecular complexity index is 634. The van der Waals surface area contributed by atoms with E-state index in [1.54, 1.807) is 7.11 Å². The maximum atomic E-state index is 10.6. The van der Waals surface area contributed by atoms with Crippen LogP contribution in [0.4, 0.5) is 0 Å². The second kappa shape index (κ2) is 6.57. The van der Waals surface area contributed by atoms with Crippen molar-refractivity contribution in [3.05, 3.63) is 29.3 Å². The summed E-state index contributed by atoms with van der Waals surface area (Å²) in [7, 11) is 1.70. The molecule has 0 heterocycles. The molecule has 1 aromatic rings. The van der Waals surface area contributed by atoms with Crippen molar-refractivity contribution in [3.63, 3.8) is 0 Å². The zero-order chi connectivity index (χ0) is 17.6. The number of aliphatic hydroxyl groups excluding tert-OH is 1. The van der Waals surface area contributed by atoms with Gasteiger partial charge < -0.3 is 14.9 Å². The third-order valence-corrected chi connectivity index (χ3v) is 7.49. The number of phenolic OH excluding ortho intramolecular Hbond substituents is 1. The quantitative estimate of drug-likeness (QED) is 0.578. The Labute approximate surface area is 150 Å². The Kier molecular flexibility index (Phi) is 4.55. The SMILES string of the molecule is COCNCC1C[C@@H]2[C@H](CC[C@]3(C)C(O)CC[C@@H]23)c2ccc(O)cc21. The van der Waals surface area contributed by atoms with Crippen LogP contribution >= 0.6 is 0 Å². The number of fused-ring (bicyclic) bond motifs is 5. The molecule has 25 heavy (non-hydrogen) atoms. The van der Waals surface area contributed by atoms with Crippen molar-refractivity contribution in [3.8, 4) is 5.75 Å². The first kappa shape index (κ1) is 17.3. The number of phenols is 1. The number of benzene rings is 1. The summed E-state index contributed by atoms with van der Waals surface area (Å²) in [5.74, 6) is 2.61. The summed E-state index contributed by atoms with van der Waals surface area (Å²) in [6, 6.07) is 5.97. The van der Waals surface area contributed by atoms with Crippen LogP contribution in [0.25, 0.3) is 0 Å². The molecule has 0 aromatic heterocycles. The molecule has 4 nitrogen and oxygen atoms in total. The molecule has 2 saturated carbocycles. The van der Waals surface area contributed by atoms with Gasteiger partial charge in [0.1, 0.15) is 5.75 Å². The topological polar surface area (TPSA) is 61.7 Å². The lowest BCUT2D eigenvalue weighted by Crippen LogP contribution is -2.45. The molecule has 138 valence electrons. The number of ether oxygens (including phenoxy) is 1. The van der Waals surface area contributed by atoms with Crippen LogP contribution in [0.5, 0.6) is 5.75 Å². The number of methoxy groups -OCH3 is 1. The van der Waals surface area contributed by atoms with Gasteiger partial charge in [-0.2, -0.15) is 0 Å². The molecule has 0 spiro atoms. The van der Waals surface area contributed by atoms with E-state index >= 15 is 0 Å². The fourth-order valence-electron chi connectivity index (χ4n) is 6.21. The molecule has 3 aliphatic rings. The zero-order valence-corrected chi connectivity index (χ0v) is 15.4. The lowest BCUT2D eigenvalue weighted by molar-refractivity contribution is -0.0251. The molecule has 3 N–H and O–H groups in total. The van der Waals surface area contributed by atoms with Crippen LogP contribution in [0.2, 0.25) is 0 Å². The molecule has 2 unspecified atom stereocenters. The summed E-state index contributed by atoms with van der Waals surface area (Å²) < 4.78 is 5.16. The van der Waals surface area contributed by atoms with Crippen LogP contribution in [-0.2, 0) is 4.74 Å². The smallest absolute Gasteiger partial charge is 0.115 e. The fourth-order valence-corrected chi connectivity index (χ4v) is 6.21. The molecular weight excluding hydrogens is 314 g/mol. The van der Waals surface area contributed by atoms with Crippen molar-refractivity contribution in [1.29, 1.82) is 0 Å². The minimum Gasteiger partial charge on any atom is -0.508 e. The molecule has 1 aromatic carbocycles. The molecule has 2 fully saturated rings. The molecule has 0 bridgehead atoms. The first-order chi connectivity index (χ1) is 12.0. The number of hydrogen-bond donors (Lipinski definition) is 3.